The molecule has 1 fully saturated rings. The Labute approximate surface area is 232 Å². The minimum absolute atomic E-state index is 0.0696. The topological polar surface area (TPSA) is 73.8 Å². The van der Waals surface area contributed by atoms with Gasteiger partial charge in [-0.3, -0.25) is 9.59 Å². The van der Waals surface area contributed by atoms with Gasteiger partial charge in [0.2, 0.25) is 11.0 Å². The molecule has 2 heterocycles. The average Bonchev–Trinajstić information content (AvgIpc) is 3.34. The molecule has 1 aliphatic carbocycles. The number of carbonyl (C=O) groups excluding carboxylic acids is 2. The van der Waals surface area contributed by atoms with Crippen LogP contribution in [0.2, 0.25) is 0 Å². The van der Waals surface area contributed by atoms with Crippen LogP contribution in [0.5, 0.6) is 0 Å². The normalized spacial score (nSPS) is 16.3. The van der Waals surface area contributed by atoms with Crippen LogP contribution in [0.3, 0.4) is 0 Å². The SMILES string of the molecule is O=C(SC1CCC1)C1=C(N=CNc2ccccc2)CCN(C(=O)CCNCCc2csc3ccccc23)C1. The van der Waals surface area contributed by atoms with Crippen molar-refractivity contribution in [2.75, 3.05) is 31.5 Å². The van der Waals surface area contributed by atoms with Gasteiger partial charge in [0.15, 0.2) is 0 Å². The fourth-order valence-corrected chi connectivity index (χ4v) is 6.84. The number of rotatable bonds is 11. The Hall–Kier alpha value is -2.94. The maximum Gasteiger partial charge on any atom is 0.224 e. The second kappa shape index (κ2) is 13.2. The lowest BCUT2D eigenvalue weighted by Gasteiger charge is -2.30. The molecule has 1 aliphatic heterocycles. The quantitative estimate of drug-likeness (QED) is 0.179. The number of thiophene rings is 1. The van der Waals surface area contributed by atoms with Gasteiger partial charge < -0.3 is 15.5 Å². The van der Waals surface area contributed by atoms with Crippen LogP contribution in [-0.4, -0.2) is 53.7 Å². The number of amides is 1. The van der Waals surface area contributed by atoms with E-state index in [-0.39, 0.29) is 11.0 Å². The van der Waals surface area contributed by atoms with Gasteiger partial charge in [0.25, 0.3) is 0 Å². The monoisotopic (exact) mass is 546 g/mol. The number of aliphatic imine (C=N–C) groups is 1. The van der Waals surface area contributed by atoms with Crippen LogP contribution in [0.4, 0.5) is 5.69 Å². The van der Waals surface area contributed by atoms with Gasteiger partial charge in [0.05, 0.1) is 18.6 Å². The second-order valence-electron chi connectivity index (χ2n) is 9.72. The number of hydrogen-bond acceptors (Lipinski definition) is 6. The minimum atomic E-state index is 0.0696. The highest BCUT2D eigenvalue weighted by Crippen LogP contribution is 2.35. The van der Waals surface area contributed by atoms with E-state index < -0.39 is 0 Å². The fourth-order valence-electron chi connectivity index (χ4n) is 4.65. The maximum atomic E-state index is 13.2. The molecule has 3 aromatic rings. The van der Waals surface area contributed by atoms with Crippen LogP contribution in [0.25, 0.3) is 10.1 Å². The van der Waals surface area contributed by atoms with Crippen molar-refractivity contribution in [2.24, 2.45) is 4.99 Å². The van der Waals surface area contributed by atoms with Crippen molar-refractivity contribution in [3.63, 3.8) is 0 Å². The summed E-state index contributed by atoms with van der Waals surface area (Å²) < 4.78 is 1.32. The summed E-state index contributed by atoms with van der Waals surface area (Å²) in [5.74, 6) is 0.0860. The van der Waals surface area contributed by atoms with Gasteiger partial charge in [-0.25, -0.2) is 4.99 Å². The Morgan fingerprint density at radius 1 is 1.08 bits per heavy atom. The molecule has 2 aromatic carbocycles. The van der Waals surface area contributed by atoms with E-state index in [2.05, 4.69) is 45.3 Å². The molecule has 1 amide bonds. The van der Waals surface area contributed by atoms with E-state index in [1.807, 2.05) is 35.2 Å². The molecule has 38 heavy (non-hydrogen) atoms. The van der Waals surface area contributed by atoms with E-state index in [0.717, 1.165) is 37.2 Å². The summed E-state index contributed by atoms with van der Waals surface area (Å²) in [5, 5.41) is 10.6. The van der Waals surface area contributed by atoms with Crippen LogP contribution in [0.15, 0.2) is 76.2 Å². The van der Waals surface area contributed by atoms with Crippen molar-refractivity contribution in [3.05, 3.63) is 76.8 Å². The molecule has 0 spiro atoms. The van der Waals surface area contributed by atoms with Gasteiger partial charge in [-0.15, -0.1) is 11.3 Å². The molecule has 8 heteroatoms. The lowest BCUT2D eigenvalue weighted by Crippen LogP contribution is -2.40. The van der Waals surface area contributed by atoms with Crippen LogP contribution >= 0.6 is 23.1 Å². The van der Waals surface area contributed by atoms with Crippen LogP contribution in [0.1, 0.15) is 37.7 Å². The Balaban J connectivity index is 1.14. The molecule has 198 valence electrons. The highest BCUT2D eigenvalue weighted by atomic mass is 32.2. The number of thioether (sulfide) groups is 1. The standard InChI is InChI=1S/C30H34N4O2S2/c35-29(14-17-31-16-13-22-20-37-28-12-5-4-11-25(22)28)34-18-15-27(33-21-32-23-7-2-1-3-8-23)26(19-34)30(36)38-24-9-6-10-24/h1-5,7-8,11-12,20-21,24,31H,6,9-10,13-19H2,(H,32,33). The highest BCUT2D eigenvalue weighted by molar-refractivity contribution is 8.14. The summed E-state index contributed by atoms with van der Waals surface area (Å²) in [7, 11) is 0. The highest BCUT2D eigenvalue weighted by Gasteiger charge is 2.30. The molecule has 1 saturated carbocycles. The number of anilines is 1. The average molecular weight is 547 g/mol. The molecule has 5 rings (SSSR count). The summed E-state index contributed by atoms with van der Waals surface area (Å²) >= 11 is 3.20. The smallest absolute Gasteiger partial charge is 0.224 e. The first-order valence-electron chi connectivity index (χ1n) is 13.4. The zero-order valence-electron chi connectivity index (χ0n) is 21.5. The molecule has 0 unspecified atom stereocenters. The molecule has 1 aromatic heterocycles. The first-order valence-corrected chi connectivity index (χ1v) is 15.1. The Bertz CT molecular complexity index is 1310. The van der Waals surface area contributed by atoms with Crippen molar-refractivity contribution in [3.8, 4) is 0 Å². The van der Waals surface area contributed by atoms with Crippen LogP contribution in [-0.2, 0) is 16.0 Å². The van der Waals surface area contributed by atoms with Gasteiger partial charge >= 0.3 is 0 Å². The van der Waals surface area contributed by atoms with E-state index in [1.165, 1.54) is 33.8 Å². The number of para-hydroxylation sites is 1. The molecule has 6 nitrogen and oxygen atoms in total. The van der Waals surface area contributed by atoms with E-state index >= 15 is 0 Å². The number of benzene rings is 2. The Morgan fingerprint density at radius 2 is 1.89 bits per heavy atom. The Kier molecular flexibility index (Phi) is 9.28. The molecule has 0 radical (unpaired) electrons. The molecular formula is C30H34N4O2S2. The first-order chi connectivity index (χ1) is 18.7. The third-order valence-corrected chi connectivity index (χ3v) is 9.39. The third kappa shape index (κ3) is 6.92. The number of nitrogens with one attached hydrogen (secondary N) is 2. The van der Waals surface area contributed by atoms with Crippen molar-refractivity contribution in [1.29, 1.82) is 0 Å². The molecular weight excluding hydrogens is 512 g/mol. The molecule has 0 atom stereocenters. The van der Waals surface area contributed by atoms with Gasteiger partial charge in [-0.2, -0.15) is 0 Å². The lowest BCUT2D eigenvalue weighted by atomic mass is 10.00. The first kappa shape index (κ1) is 26.7. The van der Waals surface area contributed by atoms with E-state index in [9.17, 15) is 9.59 Å². The predicted octanol–water partition coefficient (Wildman–Crippen LogP) is 5.86. The minimum Gasteiger partial charge on any atom is -0.346 e. The number of carbonyl (C=O) groups is 2. The van der Waals surface area contributed by atoms with Gasteiger partial charge in [-0.05, 0) is 60.3 Å². The maximum absolute atomic E-state index is 13.2. The van der Waals surface area contributed by atoms with Gasteiger partial charge in [0.1, 0.15) is 0 Å². The van der Waals surface area contributed by atoms with E-state index in [1.54, 1.807) is 17.7 Å². The molecule has 0 saturated heterocycles. The third-order valence-electron chi connectivity index (χ3n) is 7.11. The molecule has 2 N–H and O–H groups in total. The number of fused-ring (bicyclic) bond motifs is 1. The summed E-state index contributed by atoms with van der Waals surface area (Å²) in [6, 6.07) is 18.3. The summed E-state index contributed by atoms with van der Waals surface area (Å²) in [6.07, 6.45) is 6.99. The van der Waals surface area contributed by atoms with E-state index in [4.69, 9.17) is 0 Å². The largest absolute Gasteiger partial charge is 0.346 e. The van der Waals surface area contributed by atoms with Crippen molar-refractivity contribution in [2.45, 2.75) is 43.8 Å². The van der Waals surface area contributed by atoms with Crippen molar-refractivity contribution < 1.29 is 9.59 Å². The fraction of sp³-hybridized carbons (Fsp3) is 0.367. The zero-order valence-corrected chi connectivity index (χ0v) is 23.2. The lowest BCUT2D eigenvalue weighted by molar-refractivity contribution is -0.131. The van der Waals surface area contributed by atoms with Crippen LogP contribution < -0.4 is 10.6 Å². The van der Waals surface area contributed by atoms with Gasteiger partial charge in [-0.1, -0.05) is 54.6 Å². The van der Waals surface area contributed by atoms with Crippen molar-refractivity contribution in [1.82, 2.24) is 10.2 Å². The predicted molar refractivity (Wildman–Crippen MR) is 160 cm³/mol. The number of hydrogen-bond donors (Lipinski definition) is 2. The summed E-state index contributed by atoms with van der Waals surface area (Å²) in [6.45, 7) is 2.40. The number of nitrogens with zero attached hydrogens (tertiary/aromatic N) is 2. The van der Waals surface area contributed by atoms with E-state index in [0.29, 0.717) is 43.3 Å². The molecule has 0 bridgehead atoms. The second-order valence-corrected chi connectivity index (χ2v) is 11.9. The van der Waals surface area contributed by atoms with Crippen molar-refractivity contribution >= 4 is 56.2 Å². The Morgan fingerprint density at radius 3 is 2.71 bits per heavy atom. The van der Waals surface area contributed by atoms with Crippen LogP contribution in [0, 0.1) is 0 Å². The summed E-state index contributed by atoms with van der Waals surface area (Å²) in [4.78, 5) is 32.6. The molecule has 2 aliphatic rings. The van der Waals surface area contributed by atoms with Gasteiger partial charge in [0, 0.05) is 47.1 Å². The summed E-state index contributed by atoms with van der Waals surface area (Å²) in [5.41, 5.74) is 3.76. The zero-order chi connectivity index (χ0) is 26.2.